The highest BCUT2D eigenvalue weighted by Gasteiger charge is 2.28. The summed E-state index contributed by atoms with van der Waals surface area (Å²) >= 11 is 0. The number of halogens is 1. The molecular formula is C15H20FNO. The average molecular weight is 249 g/mol. The number of benzene rings is 1. The van der Waals surface area contributed by atoms with Crippen molar-refractivity contribution in [2.75, 3.05) is 0 Å². The molecule has 2 rings (SSSR count). The minimum absolute atomic E-state index is 0.0415. The number of nitrogens with zero attached hydrogens (tertiary/aromatic N) is 1. The quantitative estimate of drug-likeness (QED) is 0.788. The number of piperidine rings is 1. The van der Waals surface area contributed by atoms with Crippen molar-refractivity contribution in [1.29, 1.82) is 0 Å². The van der Waals surface area contributed by atoms with Gasteiger partial charge in [0, 0.05) is 12.1 Å². The molecule has 2 atom stereocenters. The van der Waals surface area contributed by atoms with Crippen LogP contribution in [-0.2, 0) is 11.2 Å². The number of likely N-dealkylation sites (tertiary alicyclic amines) is 1. The van der Waals surface area contributed by atoms with Gasteiger partial charge in [-0.15, -0.1) is 0 Å². The number of carbonyl (C=O) groups is 1. The first-order chi connectivity index (χ1) is 8.59. The zero-order valence-electron chi connectivity index (χ0n) is 11.0. The van der Waals surface area contributed by atoms with Gasteiger partial charge in [-0.1, -0.05) is 18.2 Å². The van der Waals surface area contributed by atoms with Crippen molar-refractivity contribution in [3.05, 3.63) is 35.6 Å². The summed E-state index contributed by atoms with van der Waals surface area (Å²) in [6.07, 6.45) is 3.44. The molecule has 1 fully saturated rings. The molecule has 1 heterocycles. The van der Waals surface area contributed by atoms with E-state index in [2.05, 4.69) is 13.8 Å². The fraction of sp³-hybridized carbons (Fsp3) is 0.533. The molecule has 1 aliphatic heterocycles. The first-order valence-corrected chi connectivity index (χ1v) is 6.64. The van der Waals surface area contributed by atoms with Crippen LogP contribution in [0.2, 0.25) is 0 Å². The molecule has 1 aliphatic rings. The van der Waals surface area contributed by atoms with Crippen LogP contribution >= 0.6 is 0 Å². The summed E-state index contributed by atoms with van der Waals surface area (Å²) in [6.45, 7) is 4.16. The van der Waals surface area contributed by atoms with E-state index in [1.54, 1.807) is 18.2 Å². The van der Waals surface area contributed by atoms with Crippen LogP contribution in [0.5, 0.6) is 0 Å². The smallest absolute Gasteiger partial charge is 0.227 e. The zero-order valence-corrected chi connectivity index (χ0v) is 11.0. The van der Waals surface area contributed by atoms with Crippen LogP contribution in [0, 0.1) is 5.82 Å². The van der Waals surface area contributed by atoms with Gasteiger partial charge >= 0.3 is 0 Å². The topological polar surface area (TPSA) is 20.3 Å². The van der Waals surface area contributed by atoms with E-state index < -0.39 is 0 Å². The van der Waals surface area contributed by atoms with E-state index in [0.29, 0.717) is 5.56 Å². The van der Waals surface area contributed by atoms with Gasteiger partial charge in [-0.3, -0.25) is 4.79 Å². The van der Waals surface area contributed by atoms with E-state index in [1.807, 2.05) is 4.90 Å². The SMILES string of the molecule is CC1CCCC(C)N1C(=O)Cc1ccccc1F. The number of hydrogen-bond acceptors (Lipinski definition) is 1. The lowest BCUT2D eigenvalue weighted by Crippen LogP contribution is -2.48. The summed E-state index contributed by atoms with van der Waals surface area (Å²) in [5.41, 5.74) is 0.493. The normalized spacial score (nSPS) is 24.1. The summed E-state index contributed by atoms with van der Waals surface area (Å²) < 4.78 is 13.5. The third-order valence-electron chi connectivity index (χ3n) is 3.78. The maximum atomic E-state index is 13.5. The second-order valence-corrected chi connectivity index (χ2v) is 5.20. The van der Waals surface area contributed by atoms with Crippen molar-refractivity contribution in [2.24, 2.45) is 0 Å². The first-order valence-electron chi connectivity index (χ1n) is 6.64. The maximum absolute atomic E-state index is 13.5. The van der Waals surface area contributed by atoms with Crippen LogP contribution in [-0.4, -0.2) is 22.9 Å². The second-order valence-electron chi connectivity index (χ2n) is 5.20. The fourth-order valence-electron chi connectivity index (χ4n) is 2.81. The van der Waals surface area contributed by atoms with Gasteiger partial charge in [0.25, 0.3) is 0 Å². The fourth-order valence-corrected chi connectivity index (χ4v) is 2.81. The Morgan fingerprint density at radius 2 is 1.89 bits per heavy atom. The molecule has 0 radical (unpaired) electrons. The molecule has 1 saturated heterocycles. The van der Waals surface area contributed by atoms with E-state index >= 15 is 0 Å². The van der Waals surface area contributed by atoms with E-state index in [0.717, 1.165) is 12.8 Å². The second kappa shape index (κ2) is 5.51. The minimum Gasteiger partial charge on any atom is -0.337 e. The lowest BCUT2D eigenvalue weighted by molar-refractivity contribution is -0.136. The molecule has 1 amide bonds. The van der Waals surface area contributed by atoms with Crippen molar-refractivity contribution >= 4 is 5.91 Å². The molecule has 1 aromatic rings. The first kappa shape index (κ1) is 13.1. The van der Waals surface area contributed by atoms with Gasteiger partial charge in [0.2, 0.25) is 5.91 Å². The zero-order chi connectivity index (χ0) is 13.1. The molecule has 18 heavy (non-hydrogen) atoms. The Morgan fingerprint density at radius 3 is 2.50 bits per heavy atom. The van der Waals surface area contributed by atoms with E-state index in [4.69, 9.17) is 0 Å². The standard InChI is InChI=1S/C15H20FNO/c1-11-6-5-7-12(2)17(11)15(18)10-13-8-3-4-9-14(13)16/h3-4,8-9,11-12H,5-7,10H2,1-2H3. The van der Waals surface area contributed by atoms with Crippen LogP contribution in [0.25, 0.3) is 0 Å². The monoisotopic (exact) mass is 249 g/mol. The molecule has 2 unspecified atom stereocenters. The Hall–Kier alpha value is -1.38. The summed E-state index contributed by atoms with van der Waals surface area (Å²) in [5, 5.41) is 0. The molecule has 98 valence electrons. The summed E-state index contributed by atoms with van der Waals surface area (Å²) in [5.74, 6) is -0.247. The van der Waals surface area contributed by atoms with Crippen molar-refractivity contribution in [3.8, 4) is 0 Å². The van der Waals surface area contributed by atoms with Crippen LogP contribution in [0.15, 0.2) is 24.3 Å². The number of hydrogen-bond donors (Lipinski definition) is 0. The molecule has 0 bridgehead atoms. The van der Waals surface area contributed by atoms with Gasteiger partial charge in [-0.2, -0.15) is 0 Å². The molecule has 3 heteroatoms. The van der Waals surface area contributed by atoms with Crippen molar-refractivity contribution in [1.82, 2.24) is 4.90 Å². The Kier molecular flexibility index (Phi) is 4.00. The van der Waals surface area contributed by atoms with Crippen molar-refractivity contribution < 1.29 is 9.18 Å². The van der Waals surface area contributed by atoms with Crippen LogP contribution in [0.1, 0.15) is 38.7 Å². The summed E-state index contributed by atoms with van der Waals surface area (Å²) in [4.78, 5) is 14.2. The largest absolute Gasteiger partial charge is 0.337 e. The molecule has 0 aliphatic carbocycles. The molecule has 1 aromatic carbocycles. The van der Waals surface area contributed by atoms with Gasteiger partial charge in [0.1, 0.15) is 5.82 Å². The number of carbonyl (C=O) groups excluding carboxylic acids is 1. The minimum atomic E-state index is -0.289. The summed E-state index contributed by atoms with van der Waals surface area (Å²) in [7, 11) is 0. The highest BCUT2D eigenvalue weighted by Crippen LogP contribution is 2.23. The maximum Gasteiger partial charge on any atom is 0.227 e. The van der Waals surface area contributed by atoms with Crippen LogP contribution in [0.3, 0.4) is 0 Å². The lowest BCUT2D eigenvalue weighted by Gasteiger charge is -2.39. The predicted molar refractivity (Wildman–Crippen MR) is 69.7 cm³/mol. The highest BCUT2D eigenvalue weighted by molar-refractivity contribution is 5.79. The predicted octanol–water partition coefficient (Wildman–Crippen LogP) is 3.16. The highest BCUT2D eigenvalue weighted by atomic mass is 19.1. The molecular weight excluding hydrogens is 229 g/mol. The van der Waals surface area contributed by atoms with E-state index in [-0.39, 0.29) is 30.2 Å². The Balaban J connectivity index is 2.09. The third-order valence-corrected chi connectivity index (χ3v) is 3.78. The van der Waals surface area contributed by atoms with Crippen molar-refractivity contribution in [3.63, 3.8) is 0 Å². The van der Waals surface area contributed by atoms with Crippen LogP contribution < -0.4 is 0 Å². The van der Waals surface area contributed by atoms with Gasteiger partial charge in [0.15, 0.2) is 0 Å². The van der Waals surface area contributed by atoms with Crippen molar-refractivity contribution in [2.45, 2.75) is 51.6 Å². The van der Waals surface area contributed by atoms with Gasteiger partial charge in [-0.05, 0) is 44.7 Å². The number of rotatable bonds is 2. The molecule has 2 nitrogen and oxygen atoms in total. The Morgan fingerprint density at radius 1 is 1.28 bits per heavy atom. The molecule has 0 aromatic heterocycles. The Bertz CT molecular complexity index is 422. The number of amides is 1. The van der Waals surface area contributed by atoms with E-state index in [9.17, 15) is 9.18 Å². The molecule has 0 spiro atoms. The Labute approximate surface area is 108 Å². The van der Waals surface area contributed by atoms with Gasteiger partial charge in [0.05, 0.1) is 6.42 Å². The van der Waals surface area contributed by atoms with Gasteiger partial charge < -0.3 is 4.90 Å². The van der Waals surface area contributed by atoms with Crippen LogP contribution in [0.4, 0.5) is 4.39 Å². The molecule has 0 N–H and O–H groups in total. The summed E-state index contributed by atoms with van der Waals surface area (Å²) in [6, 6.07) is 7.06. The molecule has 0 saturated carbocycles. The third kappa shape index (κ3) is 2.71. The van der Waals surface area contributed by atoms with E-state index in [1.165, 1.54) is 12.5 Å². The lowest BCUT2D eigenvalue weighted by atomic mass is 9.96. The average Bonchev–Trinajstić information content (AvgIpc) is 2.32. The van der Waals surface area contributed by atoms with Gasteiger partial charge in [-0.25, -0.2) is 4.39 Å².